The van der Waals surface area contributed by atoms with Crippen LogP contribution in [0.25, 0.3) is 0 Å². The van der Waals surface area contributed by atoms with Crippen LogP contribution in [0.4, 0.5) is 13.2 Å². The minimum absolute atomic E-state index is 0.0474. The van der Waals surface area contributed by atoms with Gasteiger partial charge in [-0.05, 0) is 37.3 Å². The lowest BCUT2D eigenvalue weighted by Gasteiger charge is -2.23. The van der Waals surface area contributed by atoms with Crippen LogP contribution in [0.15, 0.2) is 36.5 Å². The predicted molar refractivity (Wildman–Crippen MR) is 110 cm³/mol. The number of nitrogens with one attached hydrogen (secondary N) is 1. The van der Waals surface area contributed by atoms with E-state index in [-0.39, 0.29) is 24.2 Å². The first-order valence-corrected chi connectivity index (χ1v) is 10.6. The Hall–Kier alpha value is -2.92. The fourth-order valence-corrected chi connectivity index (χ4v) is 3.64. The van der Waals surface area contributed by atoms with Crippen LogP contribution < -0.4 is 5.32 Å². The van der Waals surface area contributed by atoms with E-state index in [0.29, 0.717) is 13.2 Å². The molecule has 2 aliphatic heterocycles. The summed E-state index contributed by atoms with van der Waals surface area (Å²) in [5, 5.41) is 14.8. The van der Waals surface area contributed by atoms with Crippen molar-refractivity contribution in [2.75, 3.05) is 13.2 Å². The number of amides is 1. The van der Waals surface area contributed by atoms with Crippen molar-refractivity contribution in [2.45, 2.75) is 57.2 Å². The Morgan fingerprint density at radius 3 is 2.55 bits per heavy atom. The molecule has 0 aliphatic carbocycles. The van der Waals surface area contributed by atoms with Gasteiger partial charge in [0.1, 0.15) is 12.2 Å². The Bertz CT molecular complexity index is 948. The number of hydrogen-bond acceptors (Lipinski definition) is 5. The summed E-state index contributed by atoms with van der Waals surface area (Å²) in [7, 11) is 0. The van der Waals surface area contributed by atoms with E-state index in [1.165, 1.54) is 11.1 Å². The quantitative estimate of drug-likeness (QED) is 0.698. The molecule has 1 aromatic carbocycles. The third-order valence-corrected chi connectivity index (χ3v) is 5.28. The molecule has 2 N–H and O–H groups in total. The predicted octanol–water partition coefficient (Wildman–Crippen LogP) is 2.86. The molecule has 1 saturated heterocycles. The summed E-state index contributed by atoms with van der Waals surface area (Å²) < 4.78 is 45.2. The molecule has 33 heavy (non-hydrogen) atoms. The van der Waals surface area contributed by atoms with E-state index in [1.807, 2.05) is 29.8 Å². The minimum Gasteiger partial charge on any atom is -0.475 e. The number of alkyl halides is 3. The second-order valence-corrected chi connectivity index (χ2v) is 7.89. The highest BCUT2D eigenvalue weighted by atomic mass is 19.4. The number of carbonyl (C=O) groups is 2. The maximum Gasteiger partial charge on any atom is 0.490 e. The molecule has 3 heterocycles. The number of aliphatic carboxylic acids is 1. The third kappa shape index (κ3) is 7.03. The SMILES string of the molecule is C[C@@H]1CC[C@H](C(=O)NCC2OCCc3cn(Cc4ccccc4)nc32)O1.O=C(O)C(F)(F)F. The van der Waals surface area contributed by atoms with E-state index in [4.69, 9.17) is 24.5 Å². The number of nitrogens with zero attached hydrogens (tertiary/aromatic N) is 2. The molecule has 4 rings (SSSR count). The number of carbonyl (C=O) groups excluding carboxylic acids is 1. The van der Waals surface area contributed by atoms with Crippen LogP contribution in [-0.2, 0) is 32.0 Å². The number of halogens is 3. The number of hydrogen-bond donors (Lipinski definition) is 2. The largest absolute Gasteiger partial charge is 0.490 e. The number of carboxylic acids is 1. The minimum atomic E-state index is -5.08. The molecule has 0 saturated carbocycles. The first-order chi connectivity index (χ1) is 15.6. The van der Waals surface area contributed by atoms with E-state index >= 15 is 0 Å². The number of ether oxygens (including phenoxy) is 2. The van der Waals surface area contributed by atoms with Crippen molar-refractivity contribution >= 4 is 11.9 Å². The summed E-state index contributed by atoms with van der Waals surface area (Å²) in [5.74, 6) is -2.80. The zero-order valence-corrected chi connectivity index (χ0v) is 18.0. The van der Waals surface area contributed by atoms with Gasteiger partial charge < -0.3 is 19.9 Å². The fourth-order valence-electron chi connectivity index (χ4n) is 3.64. The van der Waals surface area contributed by atoms with Gasteiger partial charge in [0.05, 0.1) is 24.9 Å². The average molecular weight is 469 g/mol. The van der Waals surface area contributed by atoms with Crippen LogP contribution in [0.5, 0.6) is 0 Å². The highest BCUT2D eigenvalue weighted by Crippen LogP contribution is 2.26. The monoisotopic (exact) mass is 469 g/mol. The molecule has 0 spiro atoms. The molecule has 1 unspecified atom stereocenters. The van der Waals surface area contributed by atoms with Crippen LogP contribution in [0.2, 0.25) is 0 Å². The smallest absolute Gasteiger partial charge is 0.475 e. The molecule has 11 heteroatoms. The lowest BCUT2D eigenvalue weighted by Crippen LogP contribution is -2.38. The Morgan fingerprint density at radius 2 is 1.94 bits per heavy atom. The van der Waals surface area contributed by atoms with E-state index < -0.39 is 12.1 Å². The number of carboxylic acid groups (broad SMARTS) is 1. The highest BCUT2D eigenvalue weighted by molar-refractivity contribution is 5.81. The fraction of sp³-hybridized carbons (Fsp3) is 0.500. The van der Waals surface area contributed by atoms with Crippen molar-refractivity contribution in [2.24, 2.45) is 0 Å². The van der Waals surface area contributed by atoms with E-state index in [2.05, 4.69) is 23.6 Å². The molecule has 2 aromatic rings. The lowest BCUT2D eigenvalue weighted by molar-refractivity contribution is -0.192. The van der Waals surface area contributed by atoms with Crippen LogP contribution in [-0.4, -0.2) is 58.3 Å². The van der Waals surface area contributed by atoms with Crippen molar-refractivity contribution < 1.29 is 37.3 Å². The van der Waals surface area contributed by atoms with Crippen LogP contribution in [0.1, 0.15) is 42.7 Å². The van der Waals surface area contributed by atoms with Gasteiger partial charge in [-0.15, -0.1) is 0 Å². The van der Waals surface area contributed by atoms with Crippen molar-refractivity contribution in [3.05, 3.63) is 53.3 Å². The molecule has 180 valence electrons. The van der Waals surface area contributed by atoms with Crippen molar-refractivity contribution in [1.29, 1.82) is 0 Å². The second-order valence-electron chi connectivity index (χ2n) is 7.89. The second kappa shape index (κ2) is 10.8. The topological polar surface area (TPSA) is 103 Å². The lowest BCUT2D eigenvalue weighted by atomic mass is 10.1. The zero-order chi connectivity index (χ0) is 24.0. The van der Waals surface area contributed by atoms with Gasteiger partial charge in [0.15, 0.2) is 0 Å². The molecule has 1 amide bonds. The first kappa shape index (κ1) is 24.7. The normalized spacial score (nSPS) is 22.1. The van der Waals surface area contributed by atoms with E-state index in [0.717, 1.165) is 31.5 Å². The van der Waals surface area contributed by atoms with Gasteiger partial charge >= 0.3 is 12.1 Å². The van der Waals surface area contributed by atoms with Gasteiger partial charge in [-0.1, -0.05) is 30.3 Å². The molecule has 1 aromatic heterocycles. The molecular weight excluding hydrogens is 443 g/mol. The van der Waals surface area contributed by atoms with Gasteiger partial charge in [-0.2, -0.15) is 18.3 Å². The standard InChI is InChI=1S/C20H25N3O3.C2HF3O2/c1-14-7-8-17(26-14)20(24)21-11-18-19-16(9-10-25-18)13-23(22-19)12-15-5-3-2-4-6-15;3-2(4,5)1(6)7/h2-6,13-14,17-18H,7-12H2,1H3,(H,21,24);(H,6,7)/t14-,17-,18?;/m1./s1. The molecular formula is C22H26F3N3O5. The third-order valence-electron chi connectivity index (χ3n) is 5.28. The van der Waals surface area contributed by atoms with Crippen molar-refractivity contribution in [3.8, 4) is 0 Å². The van der Waals surface area contributed by atoms with Gasteiger partial charge in [-0.3, -0.25) is 9.48 Å². The van der Waals surface area contributed by atoms with E-state index in [9.17, 15) is 18.0 Å². The molecule has 1 fully saturated rings. The maximum absolute atomic E-state index is 12.3. The summed E-state index contributed by atoms with van der Waals surface area (Å²) in [6, 6.07) is 10.3. The highest BCUT2D eigenvalue weighted by Gasteiger charge is 2.38. The van der Waals surface area contributed by atoms with Gasteiger partial charge in [0, 0.05) is 12.7 Å². The maximum atomic E-state index is 12.3. The number of fused-ring (bicyclic) bond motifs is 1. The molecule has 0 bridgehead atoms. The Morgan fingerprint density at radius 1 is 1.24 bits per heavy atom. The summed E-state index contributed by atoms with van der Waals surface area (Å²) >= 11 is 0. The summed E-state index contributed by atoms with van der Waals surface area (Å²) in [5.41, 5.74) is 3.36. The van der Waals surface area contributed by atoms with Crippen molar-refractivity contribution in [1.82, 2.24) is 15.1 Å². The number of aromatic nitrogens is 2. The average Bonchev–Trinajstić information content (AvgIpc) is 3.38. The van der Waals surface area contributed by atoms with Gasteiger partial charge in [0.25, 0.3) is 0 Å². The van der Waals surface area contributed by atoms with Crippen LogP contribution in [0, 0.1) is 0 Å². The van der Waals surface area contributed by atoms with Gasteiger partial charge in [0.2, 0.25) is 5.91 Å². The Balaban J connectivity index is 0.000000383. The van der Waals surface area contributed by atoms with Crippen LogP contribution in [0.3, 0.4) is 0 Å². The molecule has 2 aliphatic rings. The first-order valence-electron chi connectivity index (χ1n) is 10.6. The molecule has 8 nitrogen and oxygen atoms in total. The summed E-state index contributed by atoms with van der Waals surface area (Å²) in [6.45, 7) is 3.83. The van der Waals surface area contributed by atoms with Gasteiger partial charge in [-0.25, -0.2) is 4.79 Å². The number of rotatable bonds is 5. The Labute approximate surface area is 188 Å². The van der Waals surface area contributed by atoms with Crippen LogP contribution >= 0.6 is 0 Å². The molecule has 0 radical (unpaired) electrons. The summed E-state index contributed by atoms with van der Waals surface area (Å²) in [4.78, 5) is 21.2. The van der Waals surface area contributed by atoms with E-state index in [1.54, 1.807) is 0 Å². The zero-order valence-electron chi connectivity index (χ0n) is 18.0. The Kier molecular flexibility index (Phi) is 8.09. The number of benzene rings is 1. The van der Waals surface area contributed by atoms with Crippen molar-refractivity contribution in [3.63, 3.8) is 0 Å². The molecule has 3 atom stereocenters. The summed E-state index contributed by atoms with van der Waals surface area (Å²) in [6.07, 6.45) is -0.764.